The number of sulfone groups is 1. The van der Waals surface area contributed by atoms with E-state index < -0.39 is 14.6 Å². The second kappa shape index (κ2) is 5.37. The Balaban J connectivity index is 1.86. The molecule has 20 heavy (non-hydrogen) atoms. The van der Waals surface area contributed by atoms with Gasteiger partial charge in [-0.15, -0.1) is 0 Å². The Labute approximate surface area is 121 Å². The Bertz CT molecular complexity index is 593. The van der Waals surface area contributed by atoms with E-state index in [1.807, 2.05) is 12.1 Å². The van der Waals surface area contributed by atoms with Gasteiger partial charge in [-0.05, 0) is 32.4 Å². The van der Waals surface area contributed by atoms with Gasteiger partial charge in [0.2, 0.25) is 0 Å². The van der Waals surface area contributed by atoms with Crippen LogP contribution in [0.2, 0.25) is 0 Å². The average Bonchev–Trinajstić information content (AvgIpc) is 2.68. The van der Waals surface area contributed by atoms with E-state index in [1.54, 1.807) is 13.8 Å². The van der Waals surface area contributed by atoms with Gasteiger partial charge in [-0.2, -0.15) is 0 Å². The number of benzene rings is 1. The van der Waals surface area contributed by atoms with Crippen molar-refractivity contribution >= 4 is 9.84 Å². The third-order valence-electron chi connectivity index (χ3n) is 3.88. The molecule has 0 aliphatic carbocycles. The van der Waals surface area contributed by atoms with Gasteiger partial charge in [-0.1, -0.05) is 17.7 Å². The highest BCUT2D eigenvalue weighted by Crippen LogP contribution is 2.29. The summed E-state index contributed by atoms with van der Waals surface area (Å²) in [6.07, 6.45) is 2.24. The van der Waals surface area contributed by atoms with Crippen molar-refractivity contribution in [3.05, 3.63) is 29.3 Å². The fourth-order valence-corrected chi connectivity index (χ4v) is 2.59. The van der Waals surface area contributed by atoms with E-state index in [0.717, 1.165) is 12.2 Å². The summed E-state index contributed by atoms with van der Waals surface area (Å²) in [6.45, 7) is 6.64. The van der Waals surface area contributed by atoms with Crippen LogP contribution in [0.3, 0.4) is 0 Å². The van der Waals surface area contributed by atoms with Crippen LogP contribution in [0.25, 0.3) is 0 Å². The zero-order valence-electron chi connectivity index (χ0n) is 12.6. The first-order chi connectivity index (χ1) is 9.19. The molecule has 4 nitrogen and oxygen atoms in total. The molecular formula is C15H23NO3S. The molecule has 0 aromatic heterocycles. The fourth-order valence-electron chi connectivity index (χ4n) is 2.23. The Morgan fingerprint density at radius 3 is 2.75 bits per heavy atom. The predicted octanol–water partition coefficient (Wildman–Crippen LogP) is 1.71. The highest BCUT2D eigenvalue weighted by molar-refractivity contribution is 7.92. The first kappa shape index (κ1) is 15.3. The van der Waals surface area contributed by atoms with Crippen LogP contribution in [-0.2, 0) is 16.3 Å². The smallest absolute Gasteiger partial charge is 0.153 e. The van der Waals surface area contributed by atoms with Crippen LogP contribution >= 0.6 is 0 Å². The van der Waals surface area contributed by atoms with E-state index in [1.165, 1.54) is 17.4 Å². The molecule has 1 aliphatic heterocycles. The summed E-state index contributed by atoms with van der Waals surface area (Å²) < 4.78 is 28.3. The molecule has 1 aromatic rings. The normalized spacial score (nSPS) is 18.7. The van der Waals surface area contributed by atoms with Crippen molar-refractivity contribution in [1.82, 2.24) is 5.32 Å². The molecule has 1 aliphatic rings. The van der Waals surface area contributed by atoms with Crippen molar-refractivity contribution in [2.24, 2.45) is 0 Å². The largest absolute Gasteiger partial charge is 0.488 e. The number of rotatable bonds is 5. The maximum absolute atomic E-state index is 11.6. The van der Waals surface area contributed by atoms with Crippen LogP contribution < -0.4 is 10.1 Å². The number of hydrogen-bond donors (Lipinski definition) is 1. The lowest BCUT2D eigenvalue weighted by Crippen LogP contribution is -2.44. The van der Waals surface area contributed by atoms with E-state index in [4.69, 9.17) is 4.74 Å². The molecule has 0 amide bonds. The molecule has 1 heterocycles. The highest BCUT2D eigenvalue weighted by atomic mass is 32.2. The van der Waals surface area contributed by atoms with E-state index in [-0.39, 0.29) is 6.10 Å². The summed E-state index contributed by atoms with van der Waals surface area (Å²) in [5.74, 6) is 0.949. The summed E-state index contributed by atoms with van der Waals surface area (Å²) in [5, 5.41) is 3.22. The zero-order chi connectivity index (χ0) is 15.0. The van der Waals surface area contributed by atoms with Crippen molar-refractivity contribution in [3.63, 3.8) is 0 Å². The van der Waals surface area contributed by atoms with Crippen LogP contribution in [-0.4, -0.2) is 38.6 Å². The molecule has 0 spiro atoms. The van der Waals surface area contributed by atoms with Gasteiger partial charge in [0.1, 0.15) is 11.9 Å². The Morgan fingerprint density at radius 2 is 2.10 bits per heavy atom. The lowest BCUT2D eigenvalue weighted by Gasteiger charge is -2.23. The average molecular weight is 297 g/mol. The molecule has 0 radical (unpaired) electrons. The molecule has 0 bridgehead atoms. The number of hydrogen-bond acceptors (Lipinski definition) is 4. The molecule has 1 N–H and O–H groups in total. The van der Waals surface area contributed by atoms with Crippen LogP contribution in [0, 0.1) is 6.92 Å². The van der Waals surface area contributed by atoms with Gasteiger partial charge in [0.25, 0.3) is 0 Å². The number of ether oxygens (including phenoxy) is 1. The van der Waals surface area contributed by atoms with Crippen molar-refractivity contribution in [2.75, 3.05) is 19.3 Å². The van der Waals surface area contributed by atoms with Crippen molar-refractivity contribution in [3.8, 4) is 5.75 Å². The van der Waals surface area contributed by atoms with Gasteiger partial charge in [0, 0.05) is 25.8 Å². The van der Waals surface area contributed by atoms with E-state index in [2.05, 4.69) is 18.3 Å². The SMILES string of the molecule is Cc1ccc2c(c1)CC(CNCC(C)(C)S(C)(=O)=O)O2. The van der Waals surface area contributed by atoms with Gasteiger partial charge >= 0.3 is 0 Å². The molecule has 0 saturated carbocycles. The van der Waals surface area contributed by atoms with Crippen molar-refractivity contribution < 1.29 is 13.2 Å². The minimum absolute atomic E-state index is 0.0853. The maximum Gasteiger partial charge on any atom is 0.153 e. The van der Waals surface area contributed by atoms with Gasteiger partial charge in [0.15, 0.2) is 9.84 Å². The van der Waals surface area contributed by atoms with E-state index in [0.29, 0.717) is 13.1 Å². The second-order valence-electron chi connectivity index (χ2n) is 6.22. The molecule has 0 fully saturated rings. The Hall–Kier alpha value is -1.07. The van der Waals surface area contributed by atoms with Crippen molar-refractivity contribution in [1.29, 1.82) is 0 Å². The standard InChI is InChI=1S/C15H23NO3S/c1-11-5-6-14-12(7-11)8-13(19-14)9-16-10-15(2,3)20(4,17)18/h5-7,13,16H,8-10H2,1-4H3. The first-order valence-electron chi connectivity index (χ1n) is 6.85. The summed E-state index contributed by atoms with van der Waals surface area (Å²) >= 11 is 0. The molecule has 2 rings (SSSR count). The molecular weight excluding hydrogens is 274 g/mol. The zero-order valence-corrected chi connectivity index (χ0v) is 13.4. The summed E-state index contributed by atoms with van der Waals surface area (Å²) in [4.78, 5) is 0. The van der Waals surface area contributed by atoms with Crippen LogP contribution in [0.5, 0.6) is 5.75 Å². The van der Waals surface area contributed by atoms with Gasteiger partial charge < -0.3 is 10.1 Å². The Morgan fingerprint density at radius 1 is 1.40 bits per heavy atom. The number of fused-ring (bicyclic) bond motifs is 1. The summed E-state index contributed by atoms with van der Waals surface area (Å²) in [7, 11) is -3.06. The third kappa shape index (κ3) is 3.33. The fraction of sp³-hybridized carbons (Fsp3) is 0.600. The molecule has 1 atom stereocenters. The predicted molar refractivity (Wildman–Crippen MR) is 81.1 cm³/mol. The maximum atomic E-state index is 11.6. The monoisotopic (exact) mass is 297 g/mol. The van der Waals surface area contributed by atoms with E-state index in [9.17, 15) is 8.42 Å². The third-order valence-corrected chi connectivity index (χ3v) is 6.04. The minimum atomic E-state index is -3.06. The Kier molecular flexibility index (Phi) is 4.12. The molecule has 1 aromatic carbocycles. The molecule has 112 valence electrons. The quantitative estimate of drug-likeness (QED) is 0.899. The molecule has 5 heteroatoms. The summed E-state index contributed by atoms with van der Waals surface area (Å²) in [6, 6.07) is 6.20. The van der Waals surface area contributed by atoms with Crippen LogP contribution in [0.1, 0.15) is 25.0 Å². The highest BCUT2D eigenvalue weighted by Gasteiger charge is 2.30. The topological polar surface area (TPSA) is 55.4 Å². The van der Waals surface area contributed by atoms with E-state index >= 15 is 0 Å². The number of aryl methyl sites for hydroxylation is 1. The van der Waals surface area contributed by atoms with Crippen LogP contribution in [0.4, 0.5) is 0 Å². The lowest BCUT2D eigenvalue weighted by atomic mass is 10.1. The first-order valence-corrected chi connectivity index (χ1v) is 8.75. The molecule has 0 saturated heterocycles. The van der Waals surface area contributed by atoms with Gasteiger partial charge in [-0.3, -0.25) is 0 Å². The number of nitrogens with one attached hydrogen (secondary N) is 1. The lowest BCUT2D eigenvalue weighted by molar-refractivity contribution is 0.226. The van der Waals surface area contributed by atoms with Gasteiger partial charge in [-0.25, -0.2) is 8.42 Å². The second-order valence-corrected chi connectivity index (χ2v) is 8.87. The minimum Gasteiger partial charge on any atom is -0.488 e. The molecule has 1 unspecified atom stereocenters. The van der Waals surface area contributed by atoms with Crippen LogP contribution in [0.15, 0.2) is 18.2 Å². The van der Waals surface area contributed by atoms with Crippen molar-refractivity contribution in [2.45, 2.75) is 38.0 Å². The summed E-state index contributed by atoms with van der Waals surface area (Å²) in [5.41, 5.74) is 2.47. The van der Waals surface area contributed by atoms with Gasteiger partial charge in [0.05, 0.1) is 4.75 Å².